The first kappa shape index (κ1) is 25.0. The minimum absolute atomic E-state index is 0.0637. The molecule has 0 saturated carbocycles. The summed E-state index contributed by atoms with van der Waals surface area (Å²) in [4.78, 5) is 20.2. The Morgan fingerprint density at radius 1 is 1.06 bits per heavy atom. The fourth-order valence-electron chi connectivity index (χ4n) is 4.21. The number of aliphatic hydroxyl groups excluding tert-OH is 1. The maximum absolute atomic E-state index is 13.5. The number of aromatic nitrogens is 1. The van der Waals surface area contributed by atoms with Gasteiger partial charge in [-0.3, -0.25) is 4.79 Å². The summed E-state index contributed by atoms with van der Waals surface area (Å²) in [5.41, 5.74) is 7.01. The zero-order valence-electron chi connectivity index (χ0n) is 20.6. The van der Waals surface area contributed by atoms with Crippen LogP contribution in [-0.2, 0) is 0 Å². The molecule has 2 N–H and O–H groups in total. The Labute approximate surface area is 216 Å². The van der Waals surface area contributed by atoms with Crippen molar-refractivity contribution in [1.29, 1.82) is 0 Å². The minimum atomic E-state index is -0.235. The van der Waals surface area contributed by atoms with E-state index in [9.17, 15) is 9.90 Å². The van der Waals surface area contributed by atoms with Gasteiger partial charge in [0.25, 0.3) is 5.91 Å². The van der Waals surface area contributed by atoms with Crippen LogP contribution in [0.4, 0.5) is 5.69 Å². The van der Waals surface area contributed by atoms with Crippen molar-refractivity contribution in [2.24, 2.45) is 0 Å². The van der Waals surface area contributed by atoms with E-state index in [1.54, 1.807) is 11.0 Å². The third kappa shape index (κ3) is 5.26. The smallest absolute Gasteiger partial charge is 0.256 e. The maximum Gasteiger partial charge on any atom is 0.256 e. The molecular weight excluding hydrogens is 470 g/mol. The average molecular weight is 498 g/mol. The molecule has 0 saturated heterocycles. The molecule has 3 aromatic carbocycles. The summed E-state index contributed by atoms with van der Waals surface area (Å²) in [6.45, 7) is 11.9. The average Bonchev–Trinajstić information content (AvgIpc) is 2.83. The molecule has 182 valence electrons. The Balaban J connectivity index is 1.69. The second kappa shape index (κ2) is 10.3. The lowest BCUT2D eigenvalue weighted by molar-refractivity contribution is 0.102. The van der Waals surface area contributed by atoms with Gasteiger partial charge in [-0.25, -0.2) is 4.98 Å². The van der Waals surface area contributed by atoms with E-state index in [2.05, 4.69) is 24.5 Å². The summed E-state index contributed by atoms with van der Waals surface area (Å²) in [6.07, 6.45) is 0. The molecule has 0 bridgehead atoms. The fourth-order valence-corrected chi connectivity index (χ4v) is 4.44. The molecular formula is C30H28ClN3O2. The quantitative estimate of drug-likeness (QED) is 0.261. The molecule has 0 fully saturated rings. The van der Waals surface area contributed by atoms with E-state index in [4.69, 9.17) is 16.6 Å². The van der Waals surface area contributed by atoms with Crippen LogP contribution in [0.5, 0.6) is 0 Å². The highest BCUT2D eigenvalue weighted by molar-refractivity contribution is 6.33. The van der Waals surface area contributed by atoms with E-state index in [1.165, 1.54) is 0 Å². The summed E-state index contributed by atoms with van der Waals surface area (Å²) in [6, 6.07) is 20.7. The van der Waals surface area contributed by atoms with Crippen LogP contribution in [0, 0.1) is 13.8 Å². The zero-order valence-corrected chi connectivity index (χ0v) is 21.4. The van der Waals surface area contributed by atoms with Crippen LogP contribution in [0.15, 0.2) is 85.6 Å². The molecule has 4 aromatic rings. The summed E-state index contributed by atoms with van der Waals surface area (Å²) in [5, 5.41) is 13.8. The zero-order chi connectivity index (χ0) is 26.0. The van der Waals surface area contributed by atoms with Gasteiger partial charge < -0.3 is 15.3 Å². The summed E-state index contributed by atoms with van der Waals surface area (Å²) in [7, 11) is 1.83. The lowest BCUT2D eigenvalue weighted by Crippen LogP contribution is -2.18. The number of nitrogens with zero attached hydrogens (tertiary/aromatic N) is 2. The monoisotopic (exact) mass is 497 g/mol. The van der Waals surface area contributed by atoms with Crippen LogP contribution >= 0.6 is 11.6 Å². The highest BCUT2D eigenvalue weighted by Gasteiger charge is 2.17. The minimum Gasteiger partial charge on any atom is -0.511 e. The molecule has 1 aromatic heterocycles. The van der Waals surface area contributed by atoms with Crippen LogP contribution in [0.1, 0.15) is 27.0 Å². The van der Waals surface area contributed by atoms with Gasteiger partial charge in [0.05, 0.1) is 23.3 Å². The highest BCUT2D eigenvalue weighted by atomic mass is 35.5. The van der Waals surface area contributed by atoms with Crippen LogP contribution in [0.25, 0.3) is 27.9 Å². The van der Waals surface area contributed by atoms with Crippen LogP contribution in [0.2, 0.25) is 5.02 Å². The number of hydrogen-bond donors (Lipinski definition) is 2. The van der Waals surface area contributed by atoms with E-state index in [0.717, 1.165) is 38.9 Å². The molecule has 0 aliphatic rings. The molecule has 0 unspecified atom stereocenters. The number of hydrogen-bond acceptors (Lipinski definition) is 4. The molecule has 36 heavy (non-hydrogen) atoms. The van der Waals surface area contributed by atoms with Gasteiger partial charge in [0.15, 0.2) is 0 Å². The Morgan fingerprint density at radius 2 is 1.75 bits per heavy atom. The van der Waals surface area contributed by atoms with Gasteiger partial charge in [0, 0.05) is 34.4 Å². The van der Waals surface area contributed by atoms with Crippen molar-refractivity contribution in [3.8, 4) is 11.3 Å². The van der Waals surface area contributed by atoms with Gasteiger partial charge in [0.1, 0.15) is 5.76 Å². The van der Waals surface area contributed by atoms with Crippen molar-refractivity contribution in [3.05, 3.63) is 113 Å². The van der Waals surface area contributed by atoms with Crippen molar-refractivity contribution in [2.75, 3.05) is 18.9 Å². The second-order valence-corrected chi connectivity index (χ2v) is 9.32. The Bertz CT molecular complexity index is 1490. The first-order valence-electron chi connectivity index (χ1n) is 11.5. The molecule has 1 heterocycles. The number of carbonyl (C=O) groups excluding carboxylic acids is 1. The third-order valence-electron chi connectivity index (χ3n) is 6.00. The summed E-state index contributed by atoms with van der Waals surface area (Å²) < 4.78 is 0. The number of aryl methyl sites for hydroxylation is 2. The number of halogens is 1. The fraction of sp³-hybridized carbons (Fsp3) is 0.133. The number of rotatable bonds is 7. The van der Waals surface area contributed by atoms with Crippen molar-refractivity contribution in [1.82, 2.24) is 9.88 Å². The molecule has 0 aliphatic heterocycles. The van der Waals surface area contributed by atoms with Crippen molar-refractivity contribution in [3.63, 3.8) is 0 Å². The standard InChI is InChI=1S/C30H28ClN3O2/c1-18-14-19(2)29-25(15-18)26(16-28(33-29)24-8-6-7-9-27(24)31)30(36)32-23-12-10-22(11-13-23)21(4)34(5)17-20(3)35/h6-16,35H,3-4,17H2,1-2,5H3,(H,32,36). The first-order chi connectivity index (χ1) is 17.1. The van der Waals surface area contributed by atoms with Crippen molar-refractivity contribution < 1.29 is 9.90 Å². The normalized spacial score (nSPS) is 10.8. The molecule has 0 aliphatic carbocycles. The first-order valence-corrected chi connectivity index (χ1v) is 11.9. The molecule has 0 atom stereocenters. The lowest BCUT2D eigenvalue weighted by atomic mass is 9.99. The lowest BCUT2D eigenvalue weighted by Gasteiger charge is -2.21. The number of anilines is 1. The number of fused-ring (bicyclic) bond motifs is 1. The maximum atomic E-state index is 13.5. The number of benzene rings is 3. The largest absolute Gasteiger partial charge is 0.511 e. The molecule has 1 amide bonds. The number of pyridine rings is 1. The molecule has 0 radical (unpaired) electrons. The SMILES string of the molecule is C=C(O)CN(C)C(=C)c1ccc(NC(=O)c2cc(-c3ccccc3Cl)nc3c(C)cc(C)cc23)cc1. The molecule has 0 spiro atoms. The van der Waals surface area contributed by atoms with Gasteiger partial charge in [-0.15, -0.1) is 0 Å². The van der Waals surface area contributed by atoms with E-state index in [-0.39, 0.29) is 11.7 Å². The summed E-state index contributed by atoms with van der Waals surface area (Å²) >= 11 is 6.46. The van der Waals surface area contributed by atoms with Crippen LogP contribution < -0.4 is 5.32 Å². The number of nitrogens with one attached hydrogen (secondary N) is 1. The van der Waals surface area contributed by atoms with E-state index in [0.29, 0.717) is 28.5 Å². The molecule has 4 rings (SSSR count). The van der Waals surface area contributed by atoms with Crippen molar-refractivity contribution in [2.45, 2.75) is 13.8 Å². The number of carbonyl (C=O) groups is 1. The topological polar surface area (TPSA) is 65.5 Å². The van der Waals surface area contributed by atoms with Gasteiger partial charge >= 0.3 is 0 Å². The van der Waals surface area contributed by atoms with Gasteiger partial charge in [-0.05, 0) is 55.3 Å². The van der Waals surface area contributed by atoms with Gasteiger partial charge in [-0.1, -0.05) is 66.7 Å². The van der Waals surface area contributed by atoms with Gasteiger partial charge in [0.2, 0.25) is 0 Å². The number of aliphatic hydroxyl groups is 1. The third-order valence-corrected chi connectivity index (χ3v) is 6.33. The highest BCUT2D eigenvalue weighted by Crippen LogP contribution is 2.32. The van der Waals surface area contributed by atoms with Gasteiger partial charge in [-0.2, -0.15) is 0 Å². The van der Waals surface area contributed by atoms with E-state index in [1.807, 2.05) is 75.5 Å². The van der Waals surface area contributed by atoms with E-state index < -0.39 is 0 Å². The molecule has 5 nitrogen and oxygen atoms in total. The predicted molar refractivity (Wildman–Crippen MR) is 149 cm³/mol. The van der Waals surface area contributed by atoms with Crippen LogP contribution in [0.3, 0.4) is 0 Å². The Hall–Kier alpha value is -4.09. The molecule has 6 heteroatoms. The second-order valence-electron chi connectivity index (χ2n) is 8.91. The predicted octanol–water partition coefficient (Wildman–Crippen LogP) is 7.40. The van der Waals surface area contributed by atoms with Crippen LogP contribution in [-0.4, -0.2) is 34.5 Å². The van der Waals surface area contributed by atoms with E-state index >= 15 is 0 Å². The number of likely N-dealkylation sites (N-methyl/N-ethyl adjacent to an activating group) is 1. The van der Waals surface area contributed by atoms with Crippen molar-refractivity contribution >= 4 is 39.8 Å². The Kier molecular flexibility index (Phi) is 7.13. The summed E-state index contributed by atoms with van der Waals surface area (Å²) in [5.74, 6) is -0.172. The number of amides is 1. The Morgan fingerprint density at radius 3 is 2.42 bits per heavy atom.